The predicted molar refractivity (Wildman–Crippen MR) is 52.6 cm³/mol. The highest BCUT2D eigenvalue weighted by molar-refractivity contribution is 6.33. The van der Waals surface area contributed by atoms with E-state index in [2.05, 4.69) is 20.0 Å². The van der Waals surface area contributed by atoms with E-state index in [-0.39, 0.29) is 11.0 Å². The van der Waals surface area contributed by atoms with Crippen molar-refractivity contribution in [3.05, 3.63) is 29.8 Å². The van der Waals surface area contributed by atoms with Crippen molar-refractivity contribution >= 4 is 13.3 Å². The number of rotatable bonds is 2. The van der Waals surface area contributed by atoms with E-state index in [9.17, 15) is 0 Å². The standard InChI is InChI=1S/C8H11BO.2H2O/c1-10-6-7-4-2-3-5-8(7)9;;/h2-5H,6,9H2,1H3;2*1H2. The summed E-state index contributed by atoms with van der Waals surface area (Å²) in [6.07, 6.45) is 0. The molecule has 68 valence electrons. The average Bonchev–Trinajstić information content (AvgIpc) is 1.94. The summed E-state index contributed by atoms with van der Waals surface area (Å²) in [5.41, 5.74) is 2.56. The zero-order chi connectivity index (χ0) is 7.40. The van der Waals surface area contributed by atoms with Crippen LogP contribution in [0.5, 0.6) is 0 Å². The molecule has 1 aromatic carbocycles. The molecule has 0 aliphatic carbocycles. The SMILES string of the molecule is Bc1ccccc1COC.O.O. The van der Waals surface area contributed by atoms with Gasteiger partial charge in [-0.05, 0) is 5.56 Å². The minimum atomic E-state index is 0. The van der Waals surface area contributed by atoms with Crippen LogP contribution in [0.2, 0.25) is 0 Å². The smallest absolute Gasteiger partial charge is 0.139 e. The van der Waals surface area contributed by atoms with Crippen LogP contribution in [0.3, 0.4) is 0 Å². The van der Waals surface area contributed by atoms with Gasteiger partial charge in [0.2, 0.25) is 0 Å². The zero-order valence-corrected chi connectivity index (χ0v) is 7.42. The van der Waals surface area contributed by atoms with Gasteiger partial charge < -0.3 is 15.7 Å². The van der Waals surface area contributed by atoms with Crippen LogP contribution >= 0.6 is 0 Å². The van der Waals surface area contributed by atoms with Crippen LogP contribution in [0, 0.1) is 0 Å². The minimum Gasteiger partial charge on any atom is -0.412 e. The van der Waals surface area contributed by atoms with E-state index in [0.29, 0.717) is 6.61 Å². The normalized spacial score (nSPS) is 8.08. The fraction of sp³-hybridized carbons (Fsp3) is 0.250. The summed E-state index contributed by atoms with van der Waals surface area (Å²) < 4.78 is 5.01. The van der Waals surface area contributed by atoms with E-state index in [1.54, 1.807) is 7.11 Å². The molecule has 1 rings (SSSR count). The lowest BCUT2D eigenvalue weighted by Crippen LogP contribution is -2.09. The third kappa shape index (κ3) is 3.53. The number of benzene rings is 1. The van der Waals surface area contributed by atoms with E-state index >= 15 is 0 Å². The Morgan fingerprint density at radius 2 is 1.83 bits per heavy atom. The van der Waals surface area contributed by atoms with Gasteiger partial charge in [0.1, 0.15) is 7.85 Å². The maximum atomic E-state index is 5.01. The van der Waals surface area contributed by atoms with Crippen LogP contribution in [-0.4, -0.2) is 25.9 Å². The number of hydrogen-bond acceptors (Lipinski definition) is 1. The second-order valence-electron chi connectivity index (χ2n) is 2.36. The molecule has 0 aromatic heterocycles. The van der Waals surface area contributed by atoms with Gasteiger partial charge in [0.05, 0.1) is 6.61 Å². The maximum Gasteiger partial charge on any atom is 0.139 e. The molecule has 0 saturated carbocycles. The van der Waals surface area contributed by atoms with Gasteiger partial charge in [-0.25, -0.2) is 0 Å². The molecule has 0 heterocycles. The highest BCUT2D eigenvalue weighted by Gasteiger charge is 1.92. The number of ether oxygens (including phenoxy) is 1. The molecule has 0 unspecified atom stereocenters. The average molecular weight is 170 g/mol. The molecule has 0 amide bonds. The molecule has 0 atom stereocenters. The number of methoxy groups -OCH3 is 1. The zero-order valence-electron chi connectivity index (χ0n) is 7.42. The molecule has 3 nitrogen and oxygen atoms in total. The molecule has 4 heteroatoms. The van der Waals surface area contributed by atoms with Gasteiger partial charge in [0.15, 0.2) is 0 Å². The van der Waals surface area contributed by atoms with Crippen molar-refractivity contribution in [2.45, 2.75) is 6.61 Å². The Balaban J connectivity index is 0. The summed E-state index contributed by atoms with van der Waals surface area (Å²) >= 11 is 0. The third-order valence-electron chi connectivity index (χ3n) is 1.56. The van der Waals surface area contributed by atoms with Crippen molar-refractivity contribution in [2.75, 3.05) is 7.11 Å². The van der Waals surface area contributed by atoms with E-state index in [4.69, 9.17) is 4.74 Å². The first-order chi connectivity index (χ1) is 4.84. The molecule has 0 aliphatic rings. The first-order valence-electron chi connectivity index (χ1n) is 3.38. The Morgan fingerprint density at radius 1 is 1.25 bits per heavy atom. The highest BCUT2D eigenvalue weighted by Crippen LogP contribution is 1.94. The van der Waals surface area contributed by atoms with Gasteiger partial charge >= 0.3 is 0 Å². The lowest BCUT2D eigenvalue weighted by molar-refractivity contribution is 0.185. The Bertz CT molecular complexity index is 215. The first-order valence-corrected chi connectivity index (χ1v) is 3.38. The van der Waals surface area contributed by atoms with Crippen LogP contribution < -0.4 is 5.46 Å². The summed E-state index contributed by atoms with van der Waals surface area (Å²) in [4.78, 5) is 0. The molecular formula is C8H15BO3. The Hall–Kier alpha value is -0.835. The quantitative estimate of drug-likeness (QED) is 0.494. The maximum absolute atomic E-state index is 5.01. The van der Waals surface area contributed by atoms with E-state index in [1.807, 2.05) is 12.1 Å². The van der Waals surface area contributed by atoms with Gasteiger partial charge in [-0.3, -0.25) is 0 Å². The summed E-state index contributed by atoms with van der Waals surface area (Å²) in [6.45, 7) is 0.715. The van der Waals surface area contributed by atoms with Crippen molar-refractivity contribution in [1.29, 1.82) is 0 Å². The molecule has 0 spiro atoms. The number of hydrogen-bond donors (Lipinski definition) is 0. The lowest BCUT2D eigenvalue weighted by Gasteiger charge is -2.01. The Labute approximate surface area is 73.4 Å². The fourth-order valence-electron chi connectivity index (χ4n) is 0.928. The monoisotopic (exact) mass is 170 g/mol. The topological polar surface area (TPSA) is 72.2 Å². The van der Waals surface area contributed by atoms with Crippen molar-refractivity contribution in [1.82, 2.24) is 0 Å². The van der Waals surface area contributed by atoms with Gasteiger partial charge in [-0.15, -0.1) is 0 Å². The van der Waals surface area contributed by atoms with Crippen LogP contribution in [0.1, 0.15) is 5.56 Å². The van der Waals surface area contributed by atoms with Crippen LogP contribution in [-0.2, 0) is 11.3 Å². The summed E-state index contributed by atoms with van der Waals surface area (Å²) in [5, 5.41) is 0. The third-order valence-corrected chi connectivity index (χ3v) is 1.56. The first kappa shape index (κ1) is 13.7. The summed E-state index contributed by atoms with van der Waals surface area (Å²) in [5.74, 6) is 0. The largest absolute Gasteiger partial charge is 0.412 e. The second-order valence-corrected chi connectivity index (χ2v) is 2.36. The van der Waals surface area contributed by atoms with Crippen LogP contribution in [0.25, 0.3) is 0 Å². The molecule has 0 radical (unpaired) electrons. The van der Waals surface area contributed by atoms with Gasteiger partial charge in [0, 0.05) is 7.11 Å². The Morgan fingerprint density at radius 3 is 2.33 bits per heavy atom. The van der Waals surface area contributed by atoms with Gasteiger partial charge in [-0.1, -0.05) is 29.7 Å². The summed E-state index contributed by atoms with van der Waals surface area (Å²) in [7, 11) is 3.81. The molecule has 0 saturated heterocycles. The molecule has 0 bridgehead atoms. The molecule has 12 heavy (non-hydrogen) atoms. The molecule has 1 aromatic rings. The lowest BCUT2D eigenvalue weighted by atomic mass is 9.91. The van der Waals surface area contributed by atoms with Gasteiger partial charge in [-0.2, -0.15) is 0 Å². The highest BCUT2D eigenvalue weighted by atomic mass is 16.5. The minimum absolute atomic E-state index is 0. The molecule has 0 fully saturated rings. The predicted octanol–water partition coefficient (Wildman–Crippen LogP) is -1.56. The van der Waals surface area contributed by atoms with Crippen LogP contribution in [0.4, 0.5) is 0 Å². The summed E-state index contributed by atoms with van der Waals surface area (Å²) in [6, 6.07) is 8.24. The van der Waals surface area contributed by atoms with E-state index < -0.39 is 0 Å². The molecule has 0 aliphatic heterocycles. The Kier molecular flexibility index (Phi) is 7.84. The fourth-order valence-corrected chi connectivity index (χ4v) is 0.928. The second kappa shape index (κ2) is 6.85. The van der Waals surface area contributed by atoms with Crippen molar-refractivity contribution < 1.29 is 15.7 Å². The van der Waals surface area contributed by atoms with Crippen molar-refractivity contribution in [2.24, 2.45) is 0 Å². The van der Waals surface area contributed by atoms with Crippen LogP contribution in [0.15, 0.2) is 24.3 Å². The van der Waals surface area contributed by atoms with Crippen molar-refractivity contribution in [3.8, 4) is 0 Å². The van der Waals surface area contributed by atoms with Crippen molar-refractivity contribution in [3.63, 3.8) is 0 Å². The molecule has 4 N–H and O–H groups in total. The van der Waals surface area contributed by atoms with Gasteiger partial charge in [0.25, 0.3) is 0 Å². The molecular weight excluding hydrogens is 155 g/mol. The van der Waals surface area contributed by atoms with E-state index in [1.165, 1.54) is 11.0 Å². The van der Waals surface area contributed by atoms with E-state index in [0.717, 1.165) is 0 Å².